The lowest BCUT2D eigenvalue weighted by molar-refractivity contribution is -0.158. The van der Waals surface area contributed by atoms with E-state index in [0.717, 1.165) is 4.90 Å². The number of carbonyl (C=O) groups is 3. The van der Waals surface area contributed by atoms with Crippen LogP contribution in [0.15, 0.2) is 42.6 Å². The molecular formula is C25H35N2O9PS2. The number of carbonyl (C=O) groups excluding carboxylic acids is 3. The Balaban J connectivity index is 1.81. The van der Waals surface area contributed by atoms with Gasteiger partial charge in [0.1, 0.15) is 29.6 Å². The summed E-state index contributed by atoms with van der Waals surface area (Å²) >= 11 is 7.34. The summed E-state index contributed by atoms with van der Waals surface area (Å²) in [6.07, 6.45) is 0.180. The maximum absolute atomic E-state index is 12.9. The summed E-state index contributed by atoms with van der Waals surface area (Å²) in [4.78, 5) is 37.9. The summed E-state index contributed by atoms with van der Waals surface area (Å²) in [5, 5.41) is 25.0. The van der Waals surface area contributed by atoms with Crippen molar-refractivity contribution in [2.45, 2.75) is 69.8 Å². The van der Waals surface area contributed by atoms with Crippen LogP contribution in [0.25, 0.3) is 0 Å². The van der Waals surface area contributed by atoms with Crippen molar-refractivity contribution in [1.29, 1.82) is 0 Å². The minimum Gasteiger partial charge on any atom is -0.462 e. The van der Waals surface area contributed by atoms with Gasteiger partial charge in [0, 0.05) is 6.20 Å². The molecule has 14 heteroatoms. The molecule has 1 saturated heterocycles. The average molecular weight is 603 g/mol. The van der Waals surface area contributed by atoms with E-state index in [9.17, 15) is 24.6 Å². The molecule has 1 unspecified atom stereocenters. The lowest BCUT2D eigenvalue weighted by Crippen LogP contribution is -2.54. The van der Waals surface area contributed by atoms with Gasteiger partial charge < -0.3 is 28.7 Å². The molecule has 0 radical (unpaired) electrons. The van der Waals surface area contributed by atoms with Gasteiger partial charge in [0.05, 0.1) is 19.1 Å². The lowest BCUT2D eigenvalue weighted by atomic mass is 9.95. The van der Waals surface area contributed by atoms with E-state index >= 15 is 0 Å². The lowest BCUT2D eigenvalue weighted by Gasteiger charge is -2.34. The molecule has 11 nitrogen and oxygen atoms in total. The molecule has 39 heavy (non-hydrogen) atoms. The monoisotopic (exact) mass is 602 g/mol. The zero-order valence-electron chi connectivity index (χ0n) is 22.2. The van der Waals surface area contributed by atoms with E-state index in [1.807, 2.05) is 6.26 Å². The van der Waals surface area contributed by atoms with E-state index in [4.69, 9.17) is 30.3 Å². The predicted molar refractivity (Wildman–Crippen MR) is 149 cm³/mol. The number of benzene rings is 1. The van der Waals surface area contributed by atoms with Crippen LogP contribution in [0, 0.1) is 0 Å². The Bertz CT molecular complexity index is 1100. The molecule has 0 saturated carbocycles. The second kappa shape index (κ2) is 13.7. The first-order valence-electron chi connectivity index (χ1n) is 12.4. The van der Waals surface area contributed by atoms with E-state index in [-0.39, 0.29) is 24.9 Å². The average Bonchev–Trinajstić information content (AvgIpc) is 3.09. The molecule has 2 heterocycles. The van der Waals surface area contributed by atoms with Crippen LogP contribution in [0.4, 0.5) is 0 Å². The van der Waals surface area contributed by atoms with E-state index in [1.165, 1.54) is 19.2 Å². The molecule has 6 atom stereocenters. The fourth-order valence-corrected chi connectivity index (χ4v) is 6.82. The maximum Gasteiger partial charge on any atom is 0.323 e. The number of ketones is 1. The number of rotatable bonds is 13. The molecular weight excluding hydrogens is 567 g/mol. The molecule has 0 aromatic heterocycles. The number of amides is 1. The van der Waals surface area contributed by atoms with Gasteiger partial charge in [-0.3, -0.25) is 19.3 Å². The molecule has 1 amide bonds. The summed E-state index contributed by atoms with van der Waals surface area (Å²) < 4.78 is 23.4. The molecule has 1 aromatic rings. The number of aliphatic hydroxyl groups excluding tert-OH is 1. The number of hydrogen-bond donors (Lipinski definition) is 3. The van der Waals surface area contributed by atoms with E-state index in [0.29, 0.717) is 17.9 Å². The van der Waals surface area contributed by atoms with Crippen LogP contribution in [0.5, 0.6) is 5.75 Å². The normalized spacial score (nSPS) is 27.5. The van der Waals surface area contributed by atoms with Gasteiger partial charge in [-0.2, -0.15) is 11.8 Å². The van der Waals surface area contributed by atoms with Crippen LogP contribution < -0.4 is 9.61 Å². The molecule has 0 spiro atoms. The molecule has 216 valence electrons. The quantitative estimate of drug-likeness (QED) is 0.173. The molecule has 3 N–H and O–H groups in total. The number of nitrogens with one attached hydrogen (secondary N) is 1. The minimum atomic E-state index is -3.47. The SMILES string of the molecule is CSCC[C@H](NP(=S)(OC[C@H]1O[C@@H](N2C=CC(=O)CC2=O)[C@](C)(O)[C@@H]1O)Oc1ccccc1)C(=O)OC(C)C. The highest BCUT2D eigenvalue weighted by atomic mass is 32.5. The number of ether oxygens (including phenoxy) is 2. The first kappa shape index (κ1) is 31.7. The van der Waals surface area contributed by atoms with Gasteiger partial charge in [0.25, 0.3) is 0 Å². The van der Waals surface area contributed by atoms with Gasteiger partial charge >= 0.3 is 12.6 Å². The molecule has 1 fully saturated rings. The highest BCUT2D eigenvalue weighted by Crippen LogP contribution is 2.47. The molecule has 1 aromatic carbocycles. The van der Waals surface area contributed by atoms with Crippen molar-refractivity contribution in [3.8, 4) is 5.75 Å². The summed E-state index contributed by atoms with van der Waals surface area (Å²) in [6.45, 7) is 1.02. The molecule has 0 aliphatic carbocycles. The first-order valence-corrected chi connectivity index (χ1v) is 16.4. The Hall–Kier alpha value is -1.83. The van der Waals surface area contributed by atoms with E-state index in [2.05, 4.69) is 5.09 Å². The summed E-state index contributed by atoms with van der Waals surface area (Å²) in [7, 11) is 0. The van der Waals surface area contributed by atoms with Gasteiger partial charge in [-0.1, -0.05) is 18.2 Å². The van der Waals surface area contributed by atoms with Crippen LogP contribution in [-0.4, -0.2) is 87.6 Å². The van der Waals surface area contributed by atoms with Gasteiger partial charge in [-0.05, 0) is 69.2 Å². The van der Waals surface area contributed by atoms with Crippen LogP contribution in [0.2, 0.25) is 0 Å². The highest BCUT2D eigenvalue weighted by molar-refractivity contribution is 8.09. The Morgan fingerprint density at radius 1 is 1.33 bits per heavy atom. The van der Waals surface area contributed by atoms with Crippen molar-refractivity contribution in [2.24, 2.45) is 0 Å². The molecule has 2 aliphatic rings. The largest absolute Gasteiger partial charge is 0.462 e. The number of aliphatic hydroxyl groups is 2. The third-order valence-corrected chi connectivity index (χ3v) is 9.05. The van der Waals surface area contributed by atoms with Crippen LogP contribution in [0.3, 0.4) is 0 Å². The minimum absolute atomic E-state index is 0.329. The van der Waals surface area contributed by atoms with Crippen molar-refractivity contribution in [1.82, 2.24) is 9.99 Å². The number of thioether (sulfide) groups is 1. The number of nitrogens with zero attached hydrogens (tertiary/aromatic N) is 1. The van der Waals surface area contributed by atoms with Crippen molar-refractivity contribution < 1.29 is 43.1 Å². The maximum atomic E-state index is 12.9. The molecule has 2 aliphatic heterocycles. The second-order valence-electron chi connectivity index (χ2n) is 9.60. The zero-order valence-corrected chi connectivity index (χ0v) is 24.7. The van der Waals surface area contributed by atoms with Gasteiger partial charge in [-0.25, -0.2) is 5.09 Å². The standard InChI is InChI=1S/C25H35N2O9PS2/c1-16(2)34-23(31)19(11-13-39-4)26-37(38,36-18-8-6-5-7-9-18)33-15-20-22(30)25(3,32)24(35-20)27-12-10-17(28)14-21(27)29/h5-10,12,16,19-20,22,24,30,32H,11,13-15H2,1-4H3,(H,26,38)/t19-,20+,22+,24+,25+,37?/m0/s1. The Morgan fingerprint density at radius 3 is 2.64 bits per heavy atom. The highest BCUT2D eigenvalue weighted by Gasteiger charge is 2.56. The Morgan fingerprint density at radius 2 is 2.03 bits per heavy atom. The van der Waals surface area contributed by atoms with Gasteiger partial charge in [-0.15, -0.1) is 0 Å². The van der Waals surface area contributed by atoms with Crippen molar-refractivity contribution in [3.63, 3.8) is 0 Å². The third kappa shape index (κ3) is 8.34. The van der Waals surface area contributed by atoms with Gasteiger partial charge in [0.2, 0.25) is 5.91 Å². The summed E-state index contributed by atoms with van der Waals surface area (Å²) in [5.74, 6) is -0.396. The molecule has 3 rings (SSSR count). The summed E-state index contributed by atoms with van der Waals surface area (Å²) in [5.41, 5.74) is -1.88. The van der Waals surface area contributed by atoms with Gasteiger partial charge in [0.15, 0.2) is 12.0 Å². The van der Waals surface area contributed by atoms with E-state index in [1.54, 1.807) is 55.9 Å². The summed E-state index contributed by atoms with van der Waals surface area (Å²) in [6, 6.07) is 7.87. The number of para-hydroxylation sites is 1. The van der Waals surface area contributed by atoms with E-state index < -0.39 is 48.6 Å². The fourth-order valence-electron chi connectivity index (χ4n) is 3.99. The molecule has 0 bridgehead atoms. The third-order valence-electron chi connectivity index (χ3n) is 5.98. The van der Waals surface area contributed by atoms with Crippen molar-refractivity contribution in [2.75, 3.05) is 18.6 Å². The topological polar surface area (TPSA) is 144 Å². The van der Waals surface area contributed by atoms with Crippen LogP contribution in [0.1, 0.15) is 33.6 Å². The number of allylic oxidation sites excluding steroid dienone is 1. The Labute approximate surface area is 237 Å². The zero-order chi connectivity index (χ0) is 28.8. The fraction of sp³-hybridized carbons (Fsp3) is 0.560. The number of hydrogen-bond acceptors (Lipinski definition) is 11. The van der Waals surface area contributed by atoms with Crippen LogP contribution >= 0.6 is 18.4 Å². The first-order chi connectivity index (χ1) is 18.4. The van der Waals surface area contributed by atoms with Crippen LogP contribution in [-0.2, 0) is 40.2 Å². The smallest absolute Gasteiger partial charge is 0.323 e. The predicted octanol–water partition coefficient (Wildman–Crippen LogP) is 2.12. The Kier molecular flexibility index (Phi) is 11.1. The van der Waals surface area contributed by atoms with Crippen molar-refractivity contribution >= 4 is 47.9 Å². The second-order valence-corrected chi connectivity index (χ2v) is 13.7. The number of esters is 1. The van der Waals surface area contributed by atoms with Crippen molar-refractivity contribution in [3.05, 3.63) is 42.6 Å².